The van der Waals surface area contributed by atoms with E-state index in [1.54, 1.807) is 23.9 Å². The van der Waals surface area contributed by atoms with Gasteiger partial charge in [0.25, 0.3) is 0 Å². The van der Waals surface area contributed by atoms with Crippen molar-refractivity contribution >= 4 is 23.4 Å². The van der Waals surface area contributed by atoms with Crippen molar-refractivity contribution in [1.29, 1.82) is 0 Å². The van der Waals surface area contributed by atoms with Gasteiger partial charge in [-0.25, -0.2) is 4.39 Å². The van der Waals surface area contributed by atoms with Gasteiger partial charge in [0.1, 0.15) is 5.82 Å². The summed E-state index contributed by atoms with van der Waals surface area (Å²) in [6.45, 7) is 2.80. The summed E-state index contributed by atoms with van der Waals surface area (Å²) in [6, 6.07) is 14.1. The molecule has 0 unspecified atom stereocenters. The fourth-order valence-electron chi connectivity index (χ4n) is 2.22. The predicted molar refractivity (Wildman–Crippen MR) is 92.1 cm³/mol. The first-order chi connectivity index (χ1) is 11.2. The molecule has 0 saturated carbocycles. The van der Waals surface area contributed by atoms with Gasteiger partial charge in [-0.15, -0.1) is 10.2 Å². The molecule has 0 aliphatic rings. The van der Waals surface area contributed by atoms with Crippen LogP contribution in [0.2, 0.25) is 5.02 Å². The first-order valence-corrected chi connectivity index (χ1v) is 8.60. The van der Waals surface area contributed by atoms with Gasteiger partial charge in [0.2, 0.25) is 0 Å². The second-order valence-corrected chi connectivity index (χ2v) is 6.35. The van der Waals surface area contributed by atoms with E-state index in [0.717, 1.165) is 33.9 Å². The zero-order chi connectivity index (χ0) is 16.2. The van der Waals surface area contributed by atoms with Crippen molar-refractivity contribution in [2.45, 2.75) is 24.4 Å². The lowest BCUT2D eigenvalue weighted by atomic mass is 10.2. The standard InChI is InChI=1S/C17H15ClFN3S/c1-2-22-16(13-5-9-15(19)10-6-13)20-21-17(22)23-11-12-3-7-14(18)8-4-12/h3-10H,2,11H2,1H3. The highest BCUT2D eigenvalue weighted by molar-refractivity contribution is 7.98. The maximum Gasteiger partial charge on any atom is 0.191 e. The van der Waals surface area contributed by atoms with Gasteiger partial charge in [-0.05, 0) is 48.9 Å². The summed E-state index contributed by atoms with van der Waals surface area (Å²) in [6.07, 6.45) is 0. The minimum Gasteiger partial charge on any atom is -0.302 e. The Morgan fingerprint density at radius 2 is 1.74 bits per heavy atom. The summed E-state index contributed by atoms with van der Waals surface area (Å²) < 4.78 is 15.1. The average molecular weight is 348 g/mol. The molecule has 0 fully saturated rings. The molecule has 6 heteroatoms. The maximum absolute atomic E-state index is 13.1. The highest BCUT2D eigenvalue weighted by Gasteiger charge is 2.13. The summed E-state index contributed by atoms with van der Waals surface area (Å²) in [4.78, 5) is 0. The van der Waals surface area contributed by atoms with Gasteiger partial charge < -0.3 is 4.57 Å². The SMILES string of the molecule is CCn1c(SCc2ccc(Cl)cc2)nnc1-c1ccc(F)cc1. The Hall–Kier alpha value is -1.85. The molecule has 0 aliphatic heterocycles. The third kappa shape index (κ3) is 3.74. The van der Waals surface area contributed by atoms with E-state index in [9.17, 15) is 4.39 Å². The summed E-state index contributed by atoms with van der Waals surface area (Å²) in [5.74, 6) is 1.29. The zero-order valence-electron chi connectivity index (χ0n) is 12.5. The first kappa shape index (κ1) is 16.0. The molecule has 0 bridgehead atoms. The number of benzene rings is 2. The molecule has 0 aliphatic carbocycles. The molecular formula is C17H15ClFN3S. The second-order valence-electron chi connectivity index (χ2n) is 4.97. The fraction of sp³-hybridized carbons (Fsp3) is 0.176. The van der Waals surface area contributed by atoms with Crippen LogP contribution in [0.15, 0.2) is 53.7 Å². The van der Waals surface area contributed by atoms with E-state index in [2.05, 4.69) is 10.2 Å². The monoisotopic (exact) mass is 347 g/mol. The van der Waals surface area contributed by atoms with Crippen LogP contribution >= 0.6 is 23.4 Å². The Bertz CT molecular complexity index is 785. The molecule has 2 aromatic carbocycles. The van der Waals surface area contributed by atoms with Gasteiger partial charge in [-0.2, -0.15) is 0 Å². The van der Waals surface area contributed by atoms with E-state index < -0.39 is 0 Å². The van der Waals surface area contributed by atoms with Crippen LogP contribution in [0.25, 0.3) is 11.4 Å². The minimum atomic E-state index is -0.256. The quantitative estimate of drug-likeness (QED) is 0.605. The molecule has 1 heterocycles. The van der Waals surface area contributed by atoms with Gasteiger partial charge in [-0.3, -0.25) is 0 Å². The number of rotatable bonds is 5. The number of hydrogen-bond donors (Lipinski definition) is 0. The van der Waals surface area contributed by atoms with Crippen molar-refractivity contribution in [3.05, 3.63) is 64.9 Å². The Morgan fingerprint density at radius 3 is 2.39 bits per heavy atom. The van der Waals surface area contributed by atoms with Crippen LogP contribution < -0.4 is 0 Å². The van der Waals surface area contributed by atoms with Crippen molar-refractivity contribution in [2.24, 2.45) is 0 Å². The van der Waals surface area contributed by atoms with E-state index in [1.165, 1.54) is 17.7 Å². The van der Waals surface area contributed by atoms with Crippen molar-refractivity contribution in [1.82, 2.24) is 14.8 Å². The van der Waals surface area contributed by atoms with Gasteiger partial charge >= 0.3 is 0 Å². The fourth-order valence-corrected chi connectivity index (χ4v) is 3.31. The summed E-state index contributed by atoms with van der Waals surface area (Å²) >= 11 is 7.52. The van der Waals surface area contributed by atoms with Crippen LogP contribution in [0.5, 0.6) is 0 Å². The normalized spacial score (nSPS) is 10.9. The number of aromatic nitrogens is 3. The van der Waals surface area contributed by atoms with E-state index >= 15 is 0 Å². The largest absolute Gasteiger partial charge is 0.302 e. The Labute approximate surface area is 143 Å². The molecule has 3 nitrogen and oxygen atoms in total. The summed E-state index contributed by atoms with van der Waals surface area (Å²) in [7, 11) is 0. The lowest BCUT2D eigenvalue weighted by Gasteiger charge is -2.07. The average Bonchev–Trinajstić information content (AvgIpc) is 2.98. The molecule has 0 amide bonds. The highest BCUT2D eigenvalue weighted by Crippen LogP contribution is 2.26. The van der Waals surface area contributed by atoms with Crippen LogP contribution in [-0.4, -0.2) is 14.8 Å². The Balaban J connectivity index is 1.80. The Morgan fingerprint density at radius 1 is 1.04 bits per heavy atom. The summed E-state index contributed by atoms with van der Waals surface area (Å²) in [5.41, 5.74) is 2.03. The molecule has 1 aromatic heterocycles. The predicted octanol–water partition coefficient (Wildman–Crippen LogP) is 5.05. The van der Waals surface area contributed by atoms with E-state index in [0.29, 0.717) is 0 Å². The van der Waals surface area contributed by atoms with Crippen LogP contribution in [0.1, 0.15) is 12.5 Å². The van der Waals surface area contributed by atoms with E-state index in [-0.39, 0.29) is 5.82 Å². The lowest BCUT2D eigenvalue weighted by Crippen LogP contribution is -2.00. The van der Waals surface area contributed by atoms with Gasteiger partial charge in [-0.1, -0.05) is 35.5 Å². The molecule has 0 spiro atoms. The third-order valence-corrected chi connectivity index (χ3v) is 4.71. The van der Waals surface area contributed by atoms with Crippen molar-refractivity contribution in [3.63, 3.8) is 0 Å². The molecule has 0 atom stereocenters. The molecule has 3 aromatic rings. The number of halogens is 2. The van der Waals surface area contributed by atoms with Crippen LogP contribution in [0.3, 0.4) is 0 Å². The van der Waals surface area contributed by atoms with Gasteiger partial charge in [0.15, 0.2) is 11.0 Å². The maximum atomic E-state index is 13.1. The smallest absolute Gasteiger partial charge is 0.191 e. The molecule has 118 valence electrons. The molecule has 0 radical (unpaired) electrons. The molecule has 0 saturated heterocycles. The van der Waals surface area contributed by atoms with Gasteiger partial charge in [0.05, 0.1) is 0 Å². The van der Waals surface area contributed by atoms with Crippen molar-refractivity contribution in [2.75, 3.05) is 0 Å². The molecule has 23 heavy (non-hydrogen) atoms. The van der Waals surface area contributed by atoms with Crippen molar-refractivity contribution in [3.8, 4) is 11.4 Å². The van der Waals surface area contributed by atoms with Crippen LogP contribution in [0.4, 0.5) is 4.39 Å². The molecule has 0 N–H and O–H groups in total. The van der Waals surface area contributed by atoms with E-state index in [4.69, 9.17) is 11.6 Å². The second kappa shape index (κ2) is 7.15. The number of hydrogen-bond acceptors (Lipinski definition) is 3. The highest BCUT2D eigenvalue weighted by atomic mass is 35.5. The first-order valence-electron chi connectivity index (χ1n) is 7.23. The molecule has 3 rings (SSSR count). The number of nitrogens with zero attached hydrogens (tertiary/aromatic N) is 3. The third-order valence-electron chi connectivity index (χ3n) is 3.42. The van der Waals surface area contributed by atoms with Crippen LogP contribution in [-0.2, 0) is 12.3 Å². The number of thioether (sulfide) groups is 1. The summed E-state index contributed by atoms with van der Waals surface area (Å²) in [5, 5.41) is 10.1. The molecular weight excluding hydrogens is 333 g/mol. The topological polar surface area (TPSA) is 30.7 Å². The minimum absolute atomic E-state index is 0.256. The Kier molecular flexibility index (Phi) is 4.98. The van der Waals surface area contributed by atoms with Gasteiger partial charge in [0, 0.05) is 22.9 Å². The van der Waals surface area contributed by atoms with Crippen molar-refractivity contribution < 1.29 is 4.39 Å². The van der Waals surface area contributed by atoms with Crippen LogP contribution in [0, 0.1) is 5.82 Å². The lowest BCUT2D eigenvalue weighted by molar-refractivity contribution is 0.627. The zero-order valence-corrected chi connectivity index (χ0v) is 14.1. The van der Waals surface area contributed by atoms with E-state index in [1.807, 2.05) is 35.8 Å².